The fraction of sp³-hybridized carbons (Fsp3) is 0.318. The largest absolute Gasteiger partial charge is 0.505 e. The Bertz CT molecular complexity index is 1550. The van der Waals surface area contributed by atoms with Gasteiger partial charge >= 0.3 is 7.52 Å². The van der Waals surface area contributed by atoms with Gasteiger partial charge in [0.15, 0.2) is 11.6 Å². The molecule has 2 unspecified atom stereocenters. The van der Waals surface area contributed by atoms with Crippen LogP contribution < -0.4 is 20.9 Å². The maximum absolute atomic E-state index is 13.4. The fourth-order valence-electron chi connectivity index (χ4n) is 3.66. The number of fused-ring (bicyclic) bond motifs is 1. The molecule has 0 fully saturated rings. The number of anilines is 2. The van der Waals surface area contributed by atoms with Crippen LogP contribution in [0.5, 0.6) is 5.75 Å². The Labute approximate surface area is 212 Å². The first-order valence-corrected chi connectivity index (χ1v) is 15.5. The van der Waals surface area contributed by atoms with E-state index in [0.29, 0.717) is 23.8 Å². The summed E-state index contributed by atoms with van der Waals surface area (Å²) < 4.78 is 43.7. The second-order valence-corrected chi connectivity index (χ2v) is 13.1. The van der Waals surface area contributed by atoms with Gasteiger partial charge in [-0.05, 0) is 42.0 Å². The fourth-order valence-corrected chi connectivity index (χ4v) is 6.21. The summed E-state index contributed by atoms with van der Waals surface area (Å²) in [4.78, 5) is 24.8. The zero-order chi connectivity index (χ0) is 26.3. The van der Waals surface area contributed by atoms with Crippen LogP contribution in [0.2, 0.25) is 0 Å². The van der Waals surface area contributed by atoms with Crippen LogP contribution in [0.3, 0.4) is 0 Å². The van der Waals surface area contributed by atoms with E-state index in [4.69, 9.17) is 0 Å². The number of aromatic hydroxyl groups is 1. The maximum Gasteiger partial charge on any atom is 0.346 e. The molecule has 0 radical (unpaired) electrons. The number of benzene rings is 1. The topological polar surface area (TPSA) is 163 Å². The number of hydrogen-bond donors (Lipinski definition) is 4. The highest BCUT2D eigenvalue weighted by molar-refractivity contribution is 7.92. The average molecular weight is 552 g/mol. The third-order valence-electron chi connectivity index (χ3n) is 5.76. The van der Waals surface area contributed by atoms with Crippen molar-refractivity contribution in [2.45, 2.75) is 33.2 Å². The second-order valence-electron chi connectivity index (χ2n) is 8.60. The van der Waals surface area contributed by atoms with E-state index >= 15 is 0 Å². The van der Waals surface area contributed by atoms with E-state index in [1.807, 2.05) is 6.92 Å². The number of rotatable bonds is 8. The van der Waals surface area contributed by atoms with Crippen molar-refractivity contribution in [3.8, 4) is 16.3 Å². The first-order chi connectivity index (χ1) is 16.9. The predicted octanol–water partition coefficient (Wildman–Crippen LogP) is 3.17. The SMILES string of the molecule is CCC(C)CCn1nc(-c2cccs2)c(O)c(C2=NP(=O)(O)c3cc(NS(C)(=O)=O)ccc3N2)c1=O. The minimum Gasteiger partial charge on any atom is -0.505 e. The summed E-state index contributed by atoms with van der Waals surface area (Å²) in [5.41, 5.74) is -0.508. The van der Waals surface area contributed by atoms with E-state index in [9.17, 15) is 27.8 Å². The van der Waals surface area contributed by atoms with Crippen LogP contribution in [-0.2, 0) is 21.1 Å². The van der Waals surface area contributed by atoms with Gasteiger partial charge in [0.2, 0.25) is 10.0 Å². The number of aromatic nitrogens is 2. The molecule has 4 N–H and O–H groups in total. The summed E-state index contributed by atoms with van der Waals surface area (Å²) in [5, 5.41) is 20.0. The van der Waals surface area contributed by atoms with E-state index in [2.05, 4.69) is 26.8 Å². The molecule has 36 heavy (non-hydrogen) atoms. The average Bonchev–Trinajstić information content (AvgIpc) is 3.32. The van der Waals surface area contributed by atoms with Gasteiger partial charge in [-0.25, -0.2) is 13.1 Å². The molecule has 0 saturated heterocycles. The van der Waals surface area contributed by atoms with E-state index in [0.717, 1.165) is 12.7 Å². The molecule has 0 bridgehead atoms. The van der Waals surface area contributed by atoms with Crippen molar-refractivity contribution in [3.05, 3.63) is 51.6 Å². The number of aryl methyl sites for hydroxylation is 1. The van der Waals surface area contributed by atoms with Gasteiger partial charge in [0.1, 0.15) is 11.3 Å². The number of nitrogens with one attached hydrogen (secondary N) is 2. The van der Waals surface area contributed by atoms with Crippen molar-refractivity contribution in [1.82, 2.24) is 9.78 Å². The van der Waals surface area contributed by atoms with Crippen LogP contribution >= 0.6 is 18.9 Å². The summed E-state index contributed by atoms with van der Waals surface area (Å²) in [6, 6.07) is 7.55. The maximum atomic E-state index is 13.4. The lowest BCUT2D eigenvalue weighted by Gasteiger charge is -2.23. The van der Waals surface area contributed by atoms with Gasteiger partial charge in [0.25, 0.3) is 5.56 Å². The summed E-state index contributed by atoms with van der Waals surface area (Å²) in [6.07, 6.45) is 2.56. The van der Waals surface area contributed by atoms with Crippen LogP contribution in [-0.4, -0.2) is 40.3 Å². The van der Waals surface area contributed by atoms with E-state index in [1.165, 1.54) is 34.2 Å². The highest BCUT2D eigenvalue weighted by Crippen LogP contribution is 2.47. The molecule has 0 amide bonds. The Morgan fingerprint density at radius 1 is 1.31 bits per heavy atom. The first kappa shape index (κ1) is 26.1. The van der Waals surface area contributed by atoms with Crippen LogP contribution in [0, 0.1) is 5.92 Å². The minimum atomic E-state index is -4.44. The van der Waals surface area contributed by atoms with Crippen LogP contribution in [0.25, 0.3) is 10.6 Å². The van der Waals surface area contributed by atoms with Gasteiger partial charge in [-0.3, -0.25) is 14.1 Å². The van der Waals surface area contributed by atoms with E-state index < -0.39 is 28.9 Å². The smallest absolute Gasteiger partial charge is 0.346 e. The predicted molar refractivity (Wildman–Crippen MR) is 142 cm³/mol. The van der Waals surface area contributed by atoms with Crippen LogP contribution in [0.15, 0.2) is 45.3 Å². The molecular weight excluding hydrogens is 525 g/mol. The molecule has 2 atom stereocenters. The van der Waals surface area contributed by atoms with Gasteiger partial charge in [-0.1, -0.05) is 26.3 Å². The number of hydrogen-bond acceptors (Lipinski definition) is 8. The molecule has 4 rings (SSSR count). The Hall–Kier alpha value is -2.99. The third-order valence-corrected chi connectivity index (χ3v) is 8.71. The Kier molecular flexibility index (Phi) is 7.11. The Morgan fingerprint density at radius 2 is 2.06 bits per heavy atom. The van der Waals surface area contributed by atoms with Gasteiger partial charge < -0.3 is 15.3 Å². The molecule has 3 aromatic rings. The summed E-state index contributed by atoms with van der Waals surface area (Å²) in [5.74, 6) is -0.380. The summed E-state index contributed by atoms with van der Waals surface area (Å²) in [7, 11) is -8.05. The van der Waals surface area contributed by atoms with Crippen LogP contribution in [0.4, 0.5) is 11.4 Å². The lowest BCUT2D eigenvalue weighted by Crippen LogP contribution is -2.35. The van der Waals surface area contributed by atoms with E-state index in [-0.39, 0.29) is 33.8 Å². The molecule has 1 aliphatic rings. The molecule has 11 nitrogen and oxygen atoms in total. The lowest BCUT2D eigenvalue weighted by atomic mass is 10.1. The van der Waals surface area contributed by atoms with Crippen molar-refractivity contribution in [2.75, 3.05) is 16.3 Å². The molecule has 0 saturated carbocycles. The normalized spacial score (nSPS) is 18.2. The molecule has 0 spiro atoms. The molecule has 3 heterocycles. The van der Waals surface area contributed by atoms with E-state index in [1.54, 1.807) is 17.5 Å². The molecule has 14 heteroatoms. The number of sulfonamides is 1. The highest BCUT2D eigenvalue weighted by Gasteiger charge is 2.34. The van der Waals surface area contributed by atoms with Crippen molar-refractivity contribution in [1.29, 1.82) is 0 Å². The first-order valence-electron chi connectivity index (χ1n) is 11.1. The second kappa shape index (κ2) is 9.81. The van der Waals surface area contributed by atoms with Crippen molar-refractivity contribution in [2.24, 2.45) is 10.7 Å². The summed E-state index contributed by atoms with van der Waals surface area (Å²) >= 11 is 1.33. The molecule has 1 aromatic carbocycles. The quantitative estimate of drug-likeness (QED) is 0.310. The summed E-state index contributed by atoms with van der Waals surface area (Å²) in [6.45, 7) is 4.40. The number of nitrogens with zero attached hydrogens (tertiary/aromatic N) is 3. The van der Waals surface area contributed by atoms with Gasteiger partial charge in [0.05, 0.1) is 22.1 Å². The highest BCUT2D eigenvalue weighted by atomic mass is 32.2. The number of thiophene rings is 1. The third kappa shape index (κ3) is 5.39. The Morgan fingerprint density at radius 3 is 2.69 bits per heavy atom. The lowest BCUT2D eigenvalue weighted by molar-refractivity contribution is 0.426. The molecule has 1 aliphatic heterocycles. The Balaban J connectivity index is 1.84. The standard InChI is InChI=1S/C22H26N5O6PS2/c1-4-13(2)9-10-27-22(29)18(20(28)19(24-27)17-6-5-11-35-17)21-23-15-8-7-14(26-36(3,32)33)12-16(15)34(30,31)25-21/h5-8,11-13,26,28H,4,9-10H2,1-3H3,(H2,23,25,30,31). The van der Waals surface area contributed by atoms with Gasteiger partial charge in [-0.2, -0.15) is 9.86 Å². The van der Waals surface area contributed by atoms with Crippen molar-refractivity contribution < 1.29 is 23.0 Å². The molecule has 0 aliphatic carbocycles. The minimum absolute atomic E-state index is 0.0881. The monoisotopic (exact) mass is 551 g/mol. The van der Waals surface area contributed by atoms with Gasteiger partial charge in [0, 0.05) is 12.2 Å². The molecular formula is C22H26N5O6PS2. The van der Waals surface area contributed by atoms with Crippen LogP contribution in [0.1, 0.15) is 32.3 Å². The molecule has 2 aromatic heterocycles. The zero-order valence-electron chi connectivity index (χ0n) is 19.8. The molecule has 192 valence electrons. The number of amidine groups is 1. The van der Waals surface area contributed by atoms with Crippen molar-refractivity contribution >= 4 is 51.4 Å². The zero-order valence-corrected chi connectivity index (χ0v) is 22.3. The van der Waals surface area contributed by atoms with Gasteiger partial charge in [-0.15, -0.1) is 11.3 Å². The van der Waals surface area contributed by atoms with Crippen molar-refractivity contribution in [3.63, 3.8) is 0 Å².